The summed E-state index contributed by atoms with van der Waals surface area (Å²) in [6, 6.07) is 13.6. The Balaban J connectivity index is 1.80. The Morgan fingerprint density at radius 1 is 1.17 bits per heavy atom. The van der Waals surface area contributed by atoms with Gasteiger partial charge in [0, 0.05) is 21.1 Å². The monoisotopic (exact) mass is 412 g/mol. The van der Waals surface area contributed by atoms with E-state index in [9.17, 15) is 4.79 Å². The van der Waals surface area contributed by atoms with Crippen molar-refractivity contribution in [3.05, 3.63) is 52.8 Å². The SMILES string of the molecule is CCOc1cc(/C=N/N=c2\sc3ccccc3n2C)ccc1OCC(=O)N(C)C. The van der Waals surface area contributed by atoms with Gasteiger partial charge in [-0.25, -0.2) is 0 Å². The van der Waals surface area contributed by atoms with Gasteiger partial charge in [0.25, 0.3) is 5.91 Å². The number of aryl methyl sites for hydroxylation is 1. The van der Waals surface area contributed by atoms with E-state index in [0.717, 1.165) is 20.6 Å². The molecule has 8 heteroatoms. The third-order valence-corrected chi connectivity index (χ3v) is 5.29. The van der Waals surface area contributed by atoms with E-state index in [1.807, 2.05) is 42.8 Å². The van der Waals surface area contributed by atoms with Crippen molar-refractivity contribution in [2.45, 2.75) is 6.92 Å². The second kappa shape index (κ2) is 9.38. The molecule has 0 saturated carbocycles. The number of amides is 1. The van der Waals surface area contributed by atoms with Crippen LogP contribution in [0.5, 0.6) is 11.5 Å². The summed E-state index contributed by atoms with van der Waals surface area (Å²) in [6.07, 6.45) is 1.67. The highest BCUT2D eigenvalue weighted by molar-refractivity contribution is 7.16. The first-order chi connectivity index (χ1) is 14.0. The summed E-state index contributed by atoms with van der Waals surface area (Å²) in [5.41, 5.74) is 1.95. The van der Waals surface area contributed by atoms with Crippen LogP contribution in [0.1, 0.15) is 12.5 Å². The molecular formula is C21H24N4O3S. The lowest BCUT2D eigenvalue weighted by atomic mass is 10.2. The lowest BCUT2D eigenvalue weighted by Gasteiger charge is -2.14. The maximum atomic E-state index is 11.7. The zero-order valence-corrected chi connectivity index (χ0v) is 17.8. The first kappa shape index (κ1) is 20.6. The maximum absolute atomic E-state index is 11.7. The summed E-state index contributed by atoms with van der Waals surface area (Å²) in [5.74, 6) is 0.968. The number of fused-ring (bicyclic) bond motifs is 1. The molecule has 29 heavy (non-hydrogen) atoms. The molecule has 0 spiro atoms. The molecule has 1 amide bonds. The van der Waals surface area contributed by atoms with Gasteiger partial charge in [-0.2, -0.15) is 5.10 Å². The van der Waals surface area contributed by atoms with E-state index >= 15 is 0 Å². The molecule has 0 aliphatic rings. The van der Waals surface area contributed by atoms with Crippen LogP contribution in [-0.2, 0) is 11.8 Å². The number of carbonyl (C=O) groups is 1. The summed E-state index contributed by atoms with van der Waals surface area (Å²) in [4.78, 5) is 14.0. The van der Waals surface area contributed by atoms with Crippen molar-refractivity contribution in [3.8, 4) is 11.5 Å². The molecule has 0 unspecified atom stereocenters. The Labute approximate surface area is 173 Å². The van der Waals surface area contributed by atoms with Crippen molar-refractivity contribution in [3.63, 3.8) is 0 Å². The fourth-order valence-electron chi connectivity index (χ4n) is 2.58. The number of rotatable bonds is 7. The van der Waals surface area contributed by atoms with E-state index < -0.39 is 0 Å². The lowest BCUT2D eigenvalue weighted by molar-refractivity contribution is -0.130. The van der Waals surface area contributed by atoms with Crippen LogP contribution in [0.2, 0.25) is 0 Å². The molecular weight excluding hydrogens is 388 g/mol. The van der Waals surface area contributed by atoms with Gasteiger partial charge in [-0.05, 0) is 42.8 Å². The van der Waals surface area contributed by atoms with E-state index in [1.54, 1.807) is 37.7 Å². The van der Waals surface area contributed by atoms with Crippen LogP contribution in [0.4, 0.5) is 0 Å². The number of likely N-dealkylation sites (N-methyl/N-ethyl adjacent to an activating group) is 1. The van der Waals surface area contributed by atoms with Gasteiger partial charge in [0.1, 0.15) is 0 Å². The Kier molecular flexibility index (Phi) is 6.66. The number of hydrogen-bond acceptors (Lipinski definition) is 6. The summed E-state index contributed by atoms with van der Waals surface area (Å²) in [5, 5.41) is 8.57. The third-order valence-electron chi connectivity index (χ3n) is 4.18. The topological polar surface area (TPSA) is 68.4 Å². The van der Waals surface area contributed by atoms with Crippen molar-refractivity contribution in [2.75, 3.05) is 27.3 Å². The summed E-state index contributed by atoms with van der Waals surface area (Å²) in [6.45, 7) is 2.34. The van der Waals surface area contributed by atoms with Gasteiger partial charge in [-0.3, -0.25) is 4.79 Å². The predicted molar refractivity (Wildman–Crippen MR) is 116 cm³/mol. The van der Waals surface area contributed by atoms with Crippen molar-refractivity contribution < 1.29 is 14.3 Å². The number of benzene rings is 2. The van der Waals surface area contributed by atoms with Crippen LogP contribution in [-0.4, -0.2) is 48.9 Å². The van der Waals surface area contributed by atoms with Gasteiger partial charge in [0.05, 0.1) is 23.0 Å². The largest absolute Gasteiger partial charge is 0.490 e. The Bertz CT molecular complexity index is 1100. The molecule has 3 aromatic rings. The molecule has 2 aromatic carbocycles. The number of aromatic nitrogens is 1. The van der Waals surface area contributed by atoms with Gasteiger partial charge >= 0.3 is 0 Å². The van der Waals surface area contributed by atoms with E-state index in [-0.39, 0.29) is 12.5 Å². The molecule has 0 bridgehead atoms. The second-order valence-electron chi connectivity index (χ2n) is 6.47. The summed E-state index contributed by atoms with van der Waals surface area (Å²) < 4.78 is 14.4. The van der Waals surface area contributed by atoms with Crippen molar-refractivity contribution >= 4 is 33.7 Å². The molecule has 0 aliphatic carbocycles. The van der Waals surface area contributed by atoms with Gasteiger partial charge in [-0.1, -0.05) is 23.5 Å². The summed E-state index contributed by atoms with van der Waals surface area (Å²) >= 11 is 1.59. The number of hydrogen-bond donors (Lipinski definition) is 0. The van der Waals surface area contributed by atoms with Crippen LogP contribution < -0.4 is 14.3 Å². The van der Waals surface area contributed by atoms with Crippen molar-refractivity contribution in [2.24, 2.45) is 17.3 Å². The minimum absolute atomic E-state index is 0.0434. The molecule has 152 valence electrons. The van der Waals surface area contributed by atoms with Crippen molar-refractivity contribution in [1.29, 1.82) is 0 Å². The van der Waals surface area contributed by atoms with E-state index in [2.05, 4.69) is 22.3 Å². The highest BCUT2D eigenvalue weighted by Crippen LogP contribution is 2.28. The number of nitrogens with zero attached hydrogens (tertiary/aromatic N) is 4. The maximum Gasteiger partial charge on any atom is 0.259 e. The van der Waals surface area contributed by atoms with E-state index in [4.69, 9.17) is 9.47 Å². The number of ether oxygens (including phenoxy) is 2. The molecule has 0 N–H and O–H groups in total. The highest BCUT2D eigenvalue weighted by Gasteiger charge is 2.10. The average molecular weight is 413 g/mol. The fourth-order valence-corrected chi connectivity index (χ4v) is 3.56. The van der Waals surface area contributed by atoms with E-state index in [0.29, 0.717) is 18.1 Å². The number of thiazole rings is 1. The normalized spacial score (nSPS) is 11.9. The quantitative estimate of drug-likeness (QED) is 0.442. The van der Waals surface area contributed by atoms with E-state index in [1.165, 1.54) is 4.90 Å². The van der Waals surface area contributed by atoms with Gasteiger partial charge in [0.15, 0.2) is 18.1 Å². The Morgan fingerprint density at radius 2 is 1.97 bits per heavy atom. The fraction of sp³-hybridized carbons (Fsp3) is 0.286. The van der Waals surface area contributed by atoms with Crippen LogP contribution in [0, 0.1) is 0 Å². The first-order valence-corrected chi connectivity index (χ1v) is 10.0. The van der Waals surface area contributed by atoms with Crippen LogP contribution in [0.3, 0.4) is 0 Å². The minimum Gasteiger partial charge on any atom is -0.490 e. The van der Waals surface area contributed by atoms with Crippen LogP contribution in [0.15, 0.2) is 52.7 Å². The summed E-state index contributed by atoms with van der Waals surface area (Å²) in [7, 11) is 5.35. The number of carbonyl (C=O) groups excluding carboxylic acids is 1. The molecule has 3 rings (SSSR count). The zero-order chi connectivity index (χ0) is 20.8. The molecule has 1 aromatic heterocycles. The van der Waals surface area contributed by atoms with Crippen LogP contribution >= 0.6 is 11.3 Å². The smallest absolute Gasteiger partial charge is 0.259 e. The number of para-hydroxylation sites is 1. The van der Waals surface area contributed by atoms with Crippen molar-refractivity contribution in [1.82, 2.24) is 9.47 Å². The molecule has 7 nitrogen and oxygen atoms in total. The molecule has 0 atom stereocenters. The molecule has 1 heterocycles. The third kappa shape index (κ3) is 5.03. The van der Waals surface area contributed by atoms with Gasteiger partial charge in [-0.15, -0.1) is 5.10 Å². The highest BCUT2D eigenvalue weighted by atomic mass is 32.1. The minimum atomic E-state index is -0.118. The van der Waals surface area contributed by atoms with Crippen LogP contribution in [0.25, 0.3) is 10.2 Å². The second-order valence-corrected chi connectivity index (χ2v) is 7.48. The Hall–Kier alpha value is -3.13. The average Bonchev–Trinajstić information content (AvgIpc) is 3.03. The predicted octanol–water partition coefficient (Wildman–Crippen LogP) is 3.04. The molecule has 0 aliphatic heterocycles. The Morgan fingerprint density at radius 3 is 2.69 bits per heavy atom. The van der Waals surface area contributed by atoms with Gasteiger partial charge < -0.3 is 18.9 Å². The molecule has 0 radical (unpaired) electrons. The molecule has 0 fully saturated rings. The lowest BCUT2D eigenvalue weighted by Crippen LogP contribution is -2.27. The van der Waals surface area contributed by atoms with Gasteiger partial charge in [0.2, 0.25) is 4.80 Å². The molecule has 0 saturated heterocycles. The first-order valence-electron chi connectivity index (χ1n) is 9.21. The standard InChI is InChI=1S/C21H24N4O3S/c1-5-27-18-12-15(10-11-17(18)28-14-20(26)24(2)3)13-22-23-21-25(4)16-8-6-7-9-19(16)29-21/h6-13H,5,14H2,1-4H3/b22-13+,23-21-. The zero-order valence-electron chi connectivity index (χ0n) is 17.0.